The lowest BCUT2D eigenvalue weighted by Crippen LogP contribution is -2.49. The van der Waals surface area contributed by atoms with E-state index in [0.717, 1.165) is 50.0 Å². The summed E-state index contributed by atoms with van der Waals surface area (Å²) in [4.78, 5) is 19.1. The summed E-state index contributed by atoms with van der Waals surface area (Å²) in [6.07, 6.45) is 9.73. The van der Waals surface area contributed by atoms with Crippen molar-refractivity contribution in [2.75, 3.05) is 0 Å². The number of amides is 1. The molecule has 2 atom stereocenters. The molecular weight excluding hydrogens is 318 g/mol. The van der Waals surface area contributed by atoms with E-state index in [4.69, 9.17) is 9.26 Å². The van der Waals surface area contributed by atoms with E-state index in [1.165, 1.54) is 0 Å². The Hall–Kier alpha value is -2.37. The summed E-state index contributed by atoms with van der Waals surface area (Å²) in [5.41, 5.74) is 0.463. The molecule has 0 N–H and O–H groups in total. The molecule has 2 unspecified atom stereocenters. The smallest absolute Gasteiger partial charge is 0.276 e. The number of nitrogens with zero attached hydrogens (tertiary/aromatic N) is 3. The molecule has 0 radical (unpaired) electrons. The molecule has 2 aromatic heterocycles. The predicted octanol–water partition coefficient (Wildman–Crippen LogP) is 3.16. The van der Waals surface area contributed by atoms with Crippen LogP contribution >= 0.6 is 0 Å². The fourth-order valence-electron chi connectivity index (χ4n) is 4.25. The summed E-state index contributed by atoms with van der Waals surface area (Å²) in [6, 6.07) is 6.12. The molecule has 2 aliphatic heterocycles. The number of carbonyl (C=O) groups excluding carboxylic acids is 1. The van der Waals surface area contributed by atoms with Crippen molar-refractivity contribution in [3.63, 3.8) is 0 Å². The number of pyridine rings is 1. The SMILES string of the molecule is O=C(c1cc(C2CC2)on1)N1C2CCC1CC(Oc1cccnc1)C2. The third kappa shape index (κ3) is 2.79. The van der Waals surface area contributed by atoms with Gasteiger partial charge in [0.25, 0.3) is 5.91 Å². The van der Waals surface area contributed by atoms with E-state index >= 15 is 0 Å². The van der Waals surface area contributed by atoms with Gasteiger partial charge < -0.3 is 14.2 Å². The second-order valence-electron chi connectivity index (χ2n) is 7.39. The van der Waals surface area contributed by atoms with Crippen LogP contribution in [-0.2, 0) is 0 Å². The molecule has 4 heterocycles. The standard InChI is InChI=1S/C19H21N3O3/c23-19(17-10-18(25-21-17)12-3-4-12)22-13-5-6-14(22)9-16(8-13)24-15-2-1-7-20-11-15/h1-2,7,10-14,16H,3-6,8-9H2. The molecule has 130 valence electrons. The van der Waals surface area contributed by atoms with Gasteiger partial charge in [0.05, 0.1) is 6.20 Å². The molecule has 2 bridgehead atoms. The van der Waals surface area contributed by atoms with Crippen molar-refractivity contribution < 1.29 is 14.1 Å². The van der Waals surface area contributed by atoms with Crippen molar-refractivity contribution >= 4 is 5.91 Å². The molecule has 25 heavy (non-hydrogen) atoms. The van der Waals surface area contributed by atoms with E-state index in [0.29, 0.717) is 11.6 Å². The van der Waals surface area contributed by atoms with E-state index < -0.39 is 0 Å². The molecule has 1 amide bonds. The van der Waals surface area contributed by atoms with Gasteiger partial charge >= 0.3 is 0 Å². The number of piperidine rings is 1. The van der Waals surface area contributed by atoms with Crippen LogP contribution in [-0.4, -0.2) is 39.1 Å². The zero-order valence-corrected chi connectivity index (χ0v) is 14.0. The number of fused-ring (bicyclic) bond motifs is 2. The minimum absolute atomic E-state index is 0.0166. The third-order valence-electron chi connectivity index (χ3n) is 5.59. The number of carbonyl (C=O) groups is 1. The van der Waals surface area contributed by atoms with E-state index in [9.17, 15) is 4.79 Å². The fourth-order valence-corrected chi connectivity index (χ4v) is 4.25. The lowest BCUT2D eigenvalue weighted by Gasteiger charge is -2.38. The van der Waals surface area contributed by atoms with Crippen LogP contribution in [0.2, 0.25) is 0 Å². The average molecular weight is 339 g/mol. The van der Waals surface area contributed by atoms with Crippen molar-refractivity contribution in [2.24, 2.45) is 0 Å². The normalized spacial score (nSPS) is 28.2. The Morgan fingerprint density at radius 3 is 2.68 bits per heavy atom. The minimum Gasteiger partial charge on any atom is -0.489 e. The Balaban J connectivity index is 1.29. The number of hydrogen-bond acceptors (Lipinski definition) is 5. The molecule has 1 saturated carbocycles. The highest BCUT2D eigenvalue weighted by atomic mass is 16.5. The maximum absolute atomic E-state index is 12.9. The summed E-state index contributed by atoms with van der Waals surface area (Å²) in [5.74, 6) is 2.16. The minimum atomic E-state index is 0.0166. The molecule has 1 aliphatic carbocycles. The van der Waals surface area contributed by atoms with E-state index in [2.05, 4.69) is 10.1 Å². The number of aromatic nitrogens is 2. The van der Waals surface area contributed by atoms with Gasteiger partial charge in [-0.15, -0.1) is 0 Å². The van der Waals surface area contributed by atoms with Crippen molar-refractivity contribution in [3.8, 4) is 5.75 Å². The third-order valence-corrected chi connectivity index (χ3v) is 5.59. The zero-order valence-electron chi connectivity index (χ0n) is 14.0. The maximum atomic E-state index is 12.9. The Morgan fingerprint density at radius 2 is 2.00 bits per heavy atom. The molecular formula is C19H21N3O3. The van der Waals surface area contributed by atoms with Crippen molar-refractivity contribution in [3.05, 3.63) is 42.0 Å². The predicted molar refractivity (Wildman–Crippen MR) is 89.3 cm³/mol. The molecule has 0 spiro atoms. The zero-order chi connectivity index (χ0) is 16.8. The van der Waals surface area contributed by atoms with Crippen LogP contribution in [0.25, 0.3) is 0 Å². The first-order chi connectivity index (χ1) is 12.3. The van der Waals surface area contributed by atoms with Crippen molar-refractivity contribution in [2.45, 2.75) is 62.6 Å². The van der Waals surface area contributed by atoms with Crippen LogP contribution in [0.15, 0.2) is 35.1 Å². The average Bonchev–Trinajstić information content (AvgIpc) is 3.30. The summed E-state index contributed by atoms with van der Waals surface area (Å²) in [7, 11) is 0. The Morgan fingerprint density at radius 1 is 1.20 bits per heavy atom. The van der Waals surface area contributed by atoms with Gasteiger partial charge in [-0.1, -0.05) is 5.16 Å². The first-order valence-corrected chi connectivity index (χ1v) is 9.14. The van der Waals surface area contributed by atoms with E-state index in [-0.39, 0.29) is 24.1 Å². The van der Waals surface area contributed by atoms with Crippen molar-refractivity contribution in [1.29, 1.82) is 0 Å². The van der Waals surface area contributed by atoms with Gasteiger partial charge in [0, 0.05) is 43.1 Å². The molecule has 6 nitrogen and oxygen atoms in total. The highest BCUT2D eigenvalue weighted by Gasteiger charge is 2.45. The molecule has 0 aromatic carbocycles. The molecule has 3 fully saturated rings. The first-order valence-electron chi connectivity index (χ1n) is 9.14. The Kier molecular flexibility index (Phi) is 3.50. The summed E-state index contributed by atoms with van der Waals surface area (Å²) in [5, 5.41) is 4.03. The first kappa shape index (κ1) is 14.9. The highest BCUT2D eigenvalue weighted by Crippen LogP contribution is 2.41. The van der Waals surface area contributed by atoms with Gasteiger partial charge in [-0.3, -0.25) is 9.78 Å². The largest absolute Gasteiger partial charge is 0.489 e. The van der Waals surface area contributed by atoms with E-state index in [1.54, 1.807) is 12.4 Å². The molecule has 6 heteroatoms. The summed E-state index contributed by atoms with van der Waals surface area (Å²) >= 11 is 0. The van der Waals surface area contributed by atoms with Gasteiger partial charge in [-0.25, -0.2) is 0 Å². The fraction of sp³-hybridized carbons (Fsp3) is 0.526. The Bertz CT molecular complexity index is 757. The molecule has 2 aromatic rings. The van der Waals surface area contributed by atoms with Crippen LogP contribution in [0.4, 0.5) is 0 Å². The second-order valence-corrected chi connectivity index (χ2v) is 7.39. The molecule has 2 saturated heterocycles. The number of ether oxygens (including phenoxy) is 1. The quantitative estimate of drug-likeness (QED) is 0.856. The van der Waals surface area contributed by atoms with Crippen LogP contribution in [0.5, 0.6) is 5.75 Å². The van der Waals surface area contributed by atoms with Gasteiger partial charge in [0.15, 0.2) is 5.69 Å². The number of hydrogen-bond donors (Lipinski definition) is 0. The topological polar surface area (TPSA) is 68.5 Å². The van der Waals surface area contributed by atoms with Crippen LogP contribution in [0, 0.1) is 0 Å². The van der Waals surface area contributed by atoms with Gasteiger partial charge in [-0.05, 0) is 37.8 Å². The van der Waals surface area contributed by atoms with Crippen LogP contribution in [0.1, 0.15) is 60.7 Å². The van der Waals surface area contributed by atoms with Crippen LogP contribution in [0.3, 0.4) is 0 Å². The summed E-state index contributed by atoms with van der Waals surface area (Å²) < 4.78 is 11.4. The lowest BCUT2D eigenvalue weighted by molar-refractivity contribution is 0.0350. The Labute approximate surface area is 146 Å². The molecule has 5 rings (SSSR count). The van der Waals surface area contributed by atoms with E-state index in [1.807, 2.05) is 23.1 Å². The van der Waals surface area contributed by atoms with Crippen molar-refractivity contribution in [1.82, 2.24) is 15.0 Å². The summed E-state index contributed by atoms with van der Waals surface area (Å²) in [6.45, 7) is 0. The molecule has 3 aliphatic rings. The maximum Gasteiger partial charge on any atom is 0.276 e. The van der Waals surface area contributed by atoms with Gasteiger partial charge in [0.2, 0.25) is 0 Å². The lowest BCUT2D eigenvalue weighted by atomic mass is 9.99. The van der Waals surface area contributed by atoms with Crippen LogP contribution < -0.4 is 4.74 Å². The highest BCUT2D eigenvalue weighted by molar-refractivity contribution is 5.93. The second kappa shape index (κ2) is 5.86. The van der Waals surface area contributed by atoms with Gasteiger partial charge in [0.1, 0.15) is 17.6 Å². The number of rotatable bonds is 4. The monoisotopic (exact) mass is 339 g/mol. The van der Waals surface area contributed by atoms with Gasteiger partial charge in [-0.2, -0.15) is 0 Å².